The molecule has 1 aromatic heterocycles. The van der Waals surface area contributed by atoms with Gasteiger partial charge in [0.2, 0.25) is 6.10 Å². The molecule has 0 aliphatic carbocycles. The predicted octanol–water partition coefficient (Wildman–Crippen LogP) is 3.47. The van der Waals surface area contributed by atoms with Crippen molar-refractivity contribution in [3.63, 3.8) is 0 Å². The fourth-order valence-electron chi connectivity index (χ4n) is 3.47. The number of methoxy groups -OCH3 is 1. The molecule has 2 aromatic carbocycles. The van der Waals surface area contributed by atoms with E-state index in [2.05, 4.69) is 5.10 Å². The number of ether oxygens (including phenoxy) is 3. The van der Waals surface area contributed by atoms with Crippen molar-refractivity contribution in [1.29, 1.82) is 0 Å². The number of benzene rings is 2. The van der Waals surface area contributed by atoms with Gasteiger partial charge in [-0.2, -0.15) is 5.10 Å². The van der Waals surface area contributed by atoms with E-state index in [1.165, 1.54) is 0 Å². The third-order valence-corrected chi connectivity index (χ3v) is 4.91. The van der Waals surface area contributed by atoms with Crippen molar-refractivity contribution in [1.82, 2.24) is 9.78 Å². The number of hydrogen-bond acceptors (Lipinski definition) is 6. The molecule has 154 valence electrons. The Kier molecular flexibility index (Phi) is 5.52. The summed E-state index contributed by atoms with van der Waals surface area (Å²) in [6.07, 6.45) is 0.799. The fourth-order valence-corrected chi connectivity index (χ4v) is 3.47. The number of aromatic nitrogens is 2. The average molecular weight is 406 g/mol. The Morgan fingerprint density at radius 2 is 1.90 bits per heavy atom. The summed E-state index contributed by atoms with van der Waals surface area (Å²) in [7, 11) is 1.56. The molecule has 1 aliphatic heterocycles. The van der Waals surface area contributed by atoms with E-state index in [9.17, 15) is 9.59 Å². The lowest BCUT2D eigenvalue weighted by molar-refractivity contribution is -0.147. The molecule has 1 aliphatic rings. The third kappa shape index (κ3) is 4.05. The van der Waals surface area contributed by atoms with Gasteiger partial charge in [-0.3, -0.25) is 4.68 Å². The Morgan fingerprint density at radius 3 is 2.60 bits per heavy atom. The monoisotopic (exact) mass is 406 g/mol. The highest BCUT2D eigenvalue weighted by Crippen LogP contribution is 2.32. The molecule has 1 fully saturated rings. The predicted molar refractivity (Wildman–Crippen MR) is 109 cm³/mol. The quantitative estimate of drug-likeness (QED) is 0.583. The van der Waals surface area contributed by atoms with Crippen LogP contribution in [-0.4, -0.2) is 41.0 Å². The summed E-state index contributed by atoms with van der Waals surface area (Å²) >= 11 is 0. The molecular weight excluding hydrogens is 384 g/mol. The van der Waals surface area contributed by atoms with Crippen molar-refractivity contribution < 1.29 is 23.8 Å². The summed E-state index contributed by atoms with van der Waals surface area (Å²) in [5, 5.41) is 4.63. The van der Waals surface area contributed by atoms with Crippen LogP contribution in [0.1, 0.15) is 29.3 Å². The van der Waals surface area contributed by atoms with Crippen molar-refractivity contribution in [3.05, 3.63) is 71.9 Å². The van der Waals surface area contributed by atoms with Gasteiger partial charge in [0.1, 0.15) is 23.1 Å². The van der Waals surface area contributed by atoms with E-state index in [-0.39, 0.29) is 11.7 Å². The van der Waals surface area contributed by atoms with E-state index < -0.39 is 18.0 Å². The highest BCUT2D eigenvalue weighted by atomic mass is 16.6. The number of rotatable bonds is 6. The lowest BCUT2D eigenvalue weighted by atomic mass is 10.1. The standard InChI is InChI=1S/C23H22N2O5/c1-15-12-20(23(27)29-15)30-22(26)18-14-25(13-16-8-4-3-5-9-16)24-21(18)17-10-6-7-11-19(17)28-2/h3-11,14-15,20H,12-13H2,1-2H3/t15-,20-/m1/s1. The van der Waals surface area contributed by atoms with Gasteiger partial charge in [0.25, 0.3) is 0 Å². The number of hydrogen-bond donors (Lipinski definition) is 0. The minimum absolute atomic E-state index is 0.266. The van der Waals surface area contributed by atoms with Crippen LogP contribution in [0.5, 0.6) is 5.75 Å². The Morgan fingerprint density at radius 1 is 1.17 bits per heavy atom. The fraction of sp³-hybridized carbons (Fsp3) is 0.261. The first-order valence-corrected chi connectivity index (χ1v) is 9.71. The van der Waals surface area contributed by atoms with Gasteiger partial charge in [0.15, 0.2) is 0 Å². The number of cyclic esters (lactones) is 1. The average Bonchev–Trinajstić information content (AvgIpc) is 3.31. The van der Waals surface area contributed by atoms with Crippen molar-refractivity contribution in [2.75, 3.05) is 7.11 Å². The van der Waals surface area contributed by atoms with Crippen LogP contribution in [0.2, 0.25) is 0 Å². The van der Waals surface area contributed by atoms with Crippen LogP contribution in [0, 0.1) is 0 Å². The zero-order valence-electron chi connectivity index (χ0n) is 16.8. The maximum atomic E-state index is 13.0. The largest absolute Gasteiger partial charge is 0.496 e. The Labute approximate surface area is 174 Å². The van der Waals surface area contributed by atoms with E-state index in [4.69, 9.17) is 14.2 Å². The van der Waals surface area contributed by atoms with Crippen LogP contribution < -0.4 is 4.74 Å². The molecule has 7 heteroatoms. The molecule has 2 atom stereocenters. The molecule has 0 spiro atoms. The summed E-state index contributed by atoms with van der Waals surface area (Å²) in [4.78, 5) is 24.9. The Hall–Kier alpha value is -3.61. The summed E-state index contributed by atoms with van der Waals surface area (Å²) in [6.45, 7) is 2.25. The van der Waals surface area contributed by atoms with Crippen LogP contribution in [0.25, 0.3) is 11.3 Å². The number of esters is 2. The van der Waals surface area contributed by atoms with Gasteiger partial charge in [0.05, 0.1) is 13.7 Å². The van der Waals surface area contributed by atoms with Crippen LogP contribution in [0.15, 0.2) is 60.8 Å². The molecule has 0 saturated carbocycles. The van der Waals surface area contributed by atoms with Crippen LogP contribution in [-0.2, 0) is 20.8 Å². The lowest BCUT2D eigenvalue weighted by Crippen LogP contribution is -2.22. The highest BCUT2D eigenvalue weighted by Gasteiger charge is 2.36. The molecule has 2 heterocycles. The first kappa shape index (κ1) is 19.7. The smallest absolute Gasteiger partial charge is 0.347 e. The van der Waals surface area contributed by atoms with Crippen LogP contribution in [0.4, 0.5) is 0 Å². The van der Waals surface area contributed by atoms with Gasteiger partial charge < -0.3 is 14.2 Å². The highest BCUT2D eigenvalue weighted by molar-refractivity contribution is 5.98. The van der Waals surface area contributed by atoms with Gasteiger partial charge in [-0.25, -0.2) is 9.59 Å². The number of carbonyl (C=O) groups is 2. The van der Waals surface area contributed by atoms with Crippen molar-refractivity contribution in [2.45, 2.75) is 32.1 Å². The number of nitrogens with zero attached hydrogens (tertiary/aromatic N) is 2. The van der Waals surface area contributed by atoms with Crippen LogP contribution in [0.3, 0.4) is 0 Å². The second-order valence-corrected chi connectivity index (χ2v) is 7.15. The van der Waals surface area contributed by atoms with Gasteiger partial charge >= 0.3 is 11.9 Å². The number of para-hydroxylation sites is 1. The molecule has 0 radical (unpaired) electrons. The van der Waals surface area contributed by atoms with Gasteiger partial charge in [-0.1, -0.05) is 42.5 Å². The second-order valence-electron chi connectivity index (χ2n) is 7.15. The molecule has 30 heavy (non-hydrogen) atoms. The van der Waals surface area contributed by atoms with E-state index in [1.54, 1.807) is 31.0 Å². The third-order valence-electron chi connectivity index (χ3n) is 4.91. The summed E-state index contributed by atoms with van der Waals surface area (Å²) < 4.78 is 17.7. The molecule has 1 saturated heterocycles. The Balaban J connectivity index is 1.70. The second kappa shape index (κ2) is 8.41. The topological polar surface area (TPSA) is 79.7 Å². The molecule has 0 N–H and O–H groups in total. The van der Waals surface area contributed by atoms with Gasteiger partial charge in [-0.15, -0.1) is 0 Å². The first-order chi connectivity index (χ1) is 14.5. The Bertz CT molecular complexity index is 1060. The van der Waals surface area contributed by atoms with Crippen molar-refractivity contribution in [3.8, 4) is 17.0 Å². The maximum Gasteiger partial charge on any atom is 0.347 e. The van der Waals surface area contributed by atoms with E-state index in [1.807, 2.05) is 48.5 Å². The van der Waals surface area contributed by atoms with E-state index in [0.717, 1.165) is 5.56 Å². The normalized spacial score (nSPS) is 18.1. The summed E-state index contributed by atoms with van der Waals surface area (Å²) in [5.41, 5.74) is 2.41. The van der Waals surface area contributed by atoms with Crippen molar-refractivity contribution in [2.24, 2.45) is 0 Å². The first-order valence-electron chi connectivity index (χ1n) is 9.71. The molecular formula is C23H22N2O5. The minimum Gasteiger partial charge on any atom is -0.496 e. The molecule has 0 unspecified atom stereocenters. The SMILES string of the molecule is COc1ccccc1-c1nn(Cc2ccccc2)cc1C(=O)O[C@@H]1C[C@@H](C)OC1=O. The molecule has 4 rings (SSSR count). The maximum absolute atomic E-state index is 13.0. The lowest BCUT2D eigenvalue weighted by Gasteiger charge is -2.10. The molecule has 3 aromatic rings. The van der Waals surface area contributed by atoms with Gasteiger partial charge in [-0.05, 0) is 24.6 Å². The van der Waals surface area contributed by atoms with Gasteiger partial charge in [0, 0.05) is 18.2 Å². The van der Waals surface area contributed by atoms with Crippen LogP contribution >= 0.6 is 0 Å². The zero-order valence-corrected chi connectivity index (χ0v) is 16.8. The summed E-state index contributed by atoms with van der Waals surface area (Å²) in [5.74, 6) is -0.553. The zero-order chi connectivity index (χ0) is 21.1. The van der Waals surface area contributed by atoms with Crippen molar-refractivity contribution >= 4 is 11.9 Å². The number of carbonyl (C=O) groups excluding carboxylic acids is 2. The molecule has 0 amide bonds. The summed E-state index contributed by atoms with van der Waals surface area (Å²) in [6, 6.07) is 17.1. The van der Waals surface area contributed by atoms with E-state index >= 15 is 0 Å². The molecule has 0 bridgehead atoms. The minimum atomic E-state index is -0.907. The van der Waals surface area contributed by atoms with E-state index in [0.29, 0.717) is 30.0 Å². The molecule has 7 nitrogen and oxygen atoms in total.